The molecule has 1 aliphatic carbocycles. The van der Waals surface area contributed by atoms with Gasteiger partial charge in [0.1, 0.15) is 5.75 Å². The van der Waals surface area contributed by atoms with Gasteiger partial charge in [0.15, 0.2) is 0 Å². The number of rotatable bonds is 5. The summed E-state index contributed by atoms with van der Waals surface area (Å²) in [5.74, 6) is 1.73. The topological polar surface area (TPSA) is 21.3 Å². The molecule has 3 heteroatoms. The first-order valence-corrected chi connectivity index (χ1v) is 8.14. The maximum absolute atomic E-state index is 5.87. The minimum absolute atomic E-state index is 0.675. The summed E-state index contributed by atoms with van der Waals surface area (Å²) >= 11 is 3.47. The summed E-state index contributed by atoms with van der Waals surface area (Å²) in [6.07, 6.45) is 7.94. The molecule has 106 valence electrons. The highest BCUT2D eigenvalue weighted by Gasteiger charge is 2.21. The lowest BCUT2D eigenvalue weighted by Gasteiger charge is -2.24. The Labute approximate surface area is 125 Å². The first-order chi connectivity index (χ1) is 9.29. The van der Waals surface area contributed by atoms with Crippen molar-refractivity contribution in [2.45, 2.75) is 44.6 Å². The molecule has 0 aliphatic heterocycles. The monoisotopic (exact) mass is 325 g/mol. The molecule has 0 radical (unpaired) electrons. The van der Waals surface area contributed by atoms with Gasteiger partial charge in [0.25, 0.3) is 0 Å². The Morgan fingerprint density at radius 1 is 1.26 bits per heavy atom. The van der Waals surface area contributed by atoms with Crippen molar-refractivity contribution in [3.63, 3.8) is 0 Å². The summed E-state index contributed by atoms with van der Waals surface area (Å²) < 4.78 is 6.94. The minimum Gasteiger partial charge on any atom is -0.494 e. The smallest absolute Gasteiger partial charge is 0.120 e. The van der Waals surface area contributed by atoms with Gasteiger partial charge in [0, 0.05) is 10.5 Å². The van der Waals surface area contributed by atoms with E-state index in [2.05, 4.69) is 28.3 Å². The van der Waals surface area contributed by atoms with Crippen LogP contribution < -0.4 is 10.1 Å². The van der Waals surface area contributed by atoms with Crippen molar-refractivity contribution in [3.8, 4) is 5.75 Å². The molecule has 0 aromatic heterocycles. The average Bonchev–Trinajstić information content (AvgIpc) is 2.64. The predicted molar refractivity (Wildman–Crippen MR) is 83.7 cm³/mol. The fourth-order valence-electron chi connectivity index (χ4n) is 2.99. The molecule has 0 bridgehead atoms. The molecular weight excluding hydrogens is 302 g/mol. The predicted octanol–water partition coefficient (Wildman–Crippen LogP) is 4.39. The van der Waals surface area contributed by atoms with Crippen molar-refractivity contribution < 1.29 is 4.74 Å². The third-order valence-corrected chi connectivity index (χ3v) is 4.58. The fraction of sp³-hybridized carbons (Fsp3) is 0.625. The molecule has 0 spiro atoms. The average molecular weight is 326 g/mol. The standard InChI is InChI=1S/C16H24BrNO/c1-18-16-9-4-2-3-6-13(16)10-11-19-15-8-5-7-14(17)12-15/h5,7-8,12-13,16,18H,2-4,6,9-11H2,1H3. The van der Waals surface area contributed by atoms with Crippen LogP contribution in [0.25, 0.3) is 0 Å². The lowest BCUT2D eigenvalue weighted by atomic mass is 9.92. The molecule has 0 amide bonds. The van der Waals surface area contributed by atoms with Crippen LogP contribution in [-0.4, -0.2) is 19.7 Å². The number of nitrogens with one attached hydrogen (secondary N) is 1. The molecule has 0 saturated heterocycles. The van der Waals surface area contributed by atoms with Crippen LogP contribution in [0.15, 0.2) is 28.7 Å². The Morgan fingerprint density at radius 3 is 2.89 bits per heavy atom. The molecule has 1 aromatic rings. The third kappa shape index (κ3) is 4.81. The number of hydrogen-bond donors (Lipinski definition) is 1. The third-order valence-electron chi connectivity index (χ3n) is 4.08. The first-order valence-electron chi connectivity index (χ1n) is 7.35. The second kappa shape index (κ2) is 7.91. The molecule has 2 rings (SSSR count). The first kappa shape index (κ1) is 14.9. The van der Waals surface area contributed by atoms with Crippen LogP contribution in [-0.2, 0) is 0 Å². The van der Waals surface area contributed by atoms with E-state index < -0.39 is 0 Å². The van der Waals surface area contributed by atoms with Crippen molar-refractivity contribution in [2.75, 3.05) is 13.7 Å². The van der Waals surface area contributed by atoms with E-state index in [4.69, 9.17) is 4.74 Å². The SMILES string of the molecule is CNC1CCCCCC1CCOc1cccc(Br)c1. The van der Waals surface area contributed by atoms with E-state index in [0.717, 1.165) is 29.2 Å². The molecular formula is C16H24BrNO. The van der Waals surface area contributed by atoms with Crippen molar-refractivity contribution >= 4 is 15.9 Å². The molecule has 1 fully saturated rings. The normalized spacial score (nSPS) is 23.9. The van der Waals surface area contributed by atoms with Gasteiger partial charge in [0.2, 0.25) is 0 Å². The van der Waals surface area contributed by atoms with Crippen molar-refractivity contribution in [1.29, 1.82) is 0 Å². The molecule has 1 N–H and O–H groups in total. The maximum Gasteiger partial charge on any atom is 0.120 e. The summed E-state index contributed by atoms with van der Waals surface area (Å²) in [6, 6.07) is 8.76. The lowest BCUT2D eigenvalue weighted by molar-refractivity contribution is 0.242. The number of benzene rings is 1. The Hall–Kier alpha value is -0.540. The van der Waals surface area contributed by atoms with Gasteiger partial charge in [-0.15, -0.1) is 0 Å². The Kier molecular flexibility index (Phi) is 6.18. The van der Waals surface area contributed by atoms with Gasteiger partial charge in [-0.3, -0.25) is 0 Å². The molecule has 0 heterocycles. The highest BCUT2D eigenvalue weighted by Crippen LogP contribution is 2.26. The van der Waals surface area contributed by atoms with Crippen LogP contribution in [0.5, 0.6) is 5.75 Å². The number of ether oxygens (including phenoxy) is 1. The molecule has 2 nitrogen and oxygen atoms in total. The largest absolute Gasteiger partial charge is 0.494 e. The molecule has 2 atom stereocenters. The summed E-state index contributed by atoms with van der Waals surface area (Å²) in [7, 11) is 2.10. The maximum atomic E-state index is 5.87. The van der Waals surface area contributed by atoms with Crippen LogP contribution in [0.4, 0.5) is 0 Å². The highest BCUT2D eigenvalue weighted by atomic mass is 79.9. The fourth-order valence-corrected chi connectivity index (χ4v) is 3.37. The van der Waals surface area contributed by atoms with Crippen LogP contribution in [0.2, 0.25) is 0 Å². The van der Waals surface area contributed by atoms with E-state index in [1.54, 1.807) is 0 Å². The van der Waals surface area contributed by atoms with Gasteiger partial charge in [-0.05, 0) is 50.4 Å². The second-order valence-electron chi connectivity index (χ2n) is 5.39. The minimum atomic E-state index is 0.675. The number of halogens is 1. The van der Waals surface area contributed by atoms with Gasteiger partial charge in [-0.2, -0.15) is 0 Å². The van der Waals surface area contributed by atoms with Gasteiger partial charge in [-0.1, -0.05) is 41.3 Å². The molecule has 1 saturated carbocycles. The lowest BCUT2D eigenvalue weighted by Crippen LogP contribution is -2.33. The van der Waals surface area contributed by atoms with Gasteiger partial charge in [-0.25, -0.2) is 0 Å². The Bertz CT molecular complexity index is 383. The van der Waals surface area contributed by atoms with Crippen molar-refractivity contribution in [3.05, 3.63) is 28.7 Å². The van der Waals surface area contributed by atoms with E-state index in [1.807, 2.05) is 24.3 Å². The van der Waals surface area contributed by atoms with Gasteiger partial charge in [0.05, 0.1) is 6.61 Å². The van der Waals surface area contributed by atoms with Crippen LogP contribution in [0.1, 0.15) is 38.5 Å². The van der Waals surface area contributed by atoms with Crippen LogP contribution in [0, 0.1) is 5.92 Å². The van der Waals surface area contributed by atoms with E-state index in [-0.39, 0.29) is 0 Å². The summed E-state index contributed by atoms with van der Waals surface area (Å²) in [5, 5.41) is 3.49. The van der Waals surface area contributed by atoms with Crippen molar-refractivity contribution in [1.82, 2.24) is 5.32 Å². The van der Waals surface area contributed by atoms with E-state index in [1.165, 1.54) is 32.1 Å². The Morgan fingerprint density at radius 2 is 2.11 bits per heavy atom. The van der Waals surface area contributed by atoms with Gasteiger partial charge < -0.3 is 10.1 Å². The second-order valence-corrected chi connectivity index (χ2v) is 6.30. The summed E-state index contributed by atoms with van der Waals surface area (Å²) in [4.78, 5) is 0. The number of hydrogen-bond acceptors (Lipinski definition) is 2. The molecule has 1 aliphatic rings. The molecule has 19 heavy (non-hydrogen) atoms. The van der Waals surface area contributed by atoms with Gasteiger partial charge >= 0.3 is 0 Å². The van der Waals surface area contributed by atoms with E-state index in [9.17, 15) is 0 Å². The van der Waals surface area contributed by atoms with Crippen LogP contribution in [0.3, 0.4) is 0 Å². The van der Waals surface area contributed by atoms with E-state index in [0.29, 0.717) is 6.04 Å². The zero-order chi connectivity index (χ0) is 13.5. The van der Waals surface area contributed by atoms with Crippen LogP contribution >= 0.6 is 15.9 Å². The summed E-state index contributed by atoms with van der Waals surface area (Å²) in [6.45, 7) is 0.819. The zero-order valence-corrected chi connectivity index (χ0v) is 13.3. The molecule has 2 unspecified atom stereocenters. The highest BCUT2D eigenvalue weighted by molar-refractivity contribution is 9.10. The quantitative estimate of drug-likeness (QED) is 0.811. The summed E-state index contributed by atoms with van der Waals surface area (Å²) in [5.41, 5.74) is 0. The Balaban J connectivity index is 1.80. The zero-order valence-electron chi connectivity index (χ0n) is 11.7. The van der Waals surface area contributed by atoms with Crippen molar-refractivity contribution in [2.24, 2.45) is 5.92 Å². The van der Waals surface area contributed by atoms with E-state index >= 15 is 0 Å². The molecule has 1 aromatic carbocycles.